The van der Waals surface area contributed by atoms with Gasteiger partial charge in [0.2, 0.25) is 0 Å². The Morgan fingerprint density at radius 1 is 0.821 bits per heavy atom. The summed E-state index contributed by atoms with van der Waals surface area (Å²) in [6.45, 7) is 2.99. The van der Waals surface area contributed by atoms with E-state index in [4.69, 9.17) is 0 Å². The predicted molar refractivity (Wildman–Crippen MR) is 114 cm³/mol. The fourth-order valence-electron chi connectivity index (χ4n) is 4.72. The van der Waals surface area contributed by atoms with Crippen LogP contribution in [0.1, 0.15) is 34.3 Å². The van der Waals surface area contributed by atoms with Crippen molar-refractivity contribution in [1.29, 1.82) is 0 Å². The minimum absolute atomic E-state index is 0.0720. The largest absolute Gasteiger partial charge is 0.294 e. The number of rotatable bonds is 4. The highest BCUT2D eigenvalue weighted by Crippen LogP contribution is 2.39. The minimum Gasteiger partial charge on any atom is -0.294 e. The molecule has 4 rings (SSSR count). The molecule has 0 saturated heterocycles. The molecule has 140 valence electrons. The molecule has 0 N–H and O–H groups in total. The van der Waals surface area contributed by atoms with Crippen molar-refractivity contribution in [2.75, 3.05) is 13.6 Å². The summed E-state index contributed by atoms with van der Waals surface area (Å²) >= 11 is 0. The Morgan fingerprint density at radius 2 is 1.36 bits per heavy atom. The lowest BCUT2D eigenvalue weighted by Gasteiger charge is -2.34. The lowest BCUT2D eigenvalue weighted by molar-refractivity contribution is -0.510. The van der Waals surface area contributed by atoms with Gasteiger partial charge in [-0.05, 0) is 17.7 Å². The first-order valence-corrected chi connectivity index (χ1v) is 9.94. The Kier molecular flexibility index (Phi) is 5.21. The first kappa shape index (κ1) is 18.4. The number of Topliss-reactive ketones (excluding diaryl/α,β-unsaturated/α-hetero) is 1. The molecule has 1 aliphatic heterocycles. The summed E-state index contributed by atoms with van der Waals surface area (Å²) in [5.41, 5.74) is 4.60. The first-order chi connectivity index (χ1) is 13.7. The molecule has 0 amide bonds. The maximum Gasteiger partial charge on any atom is 0.186 e. The Morgan fingerprint density at radius 3 is 1.96 bits per heavy atom. The van der Waals surface area contributed by atoms with Crippen molar-refractivity contribution in [2.24, 2.45) is 11.8 Å². The Bertz CT molecular complexity index is 977. The minimum atomic E-state index is -0.0720. The van der Waals surface area contributed by atoms with Crippen molar-refractivity contribution in [3.63, 3.8) is 0 Å². The van der Waals surface area contributed by atoms with Gasteiger partial charge in [-0.25, -0.2) is 4.58 Å². The van der Waals surface area contributed by atoms with Gasteiger partial charge in [0.1, 0.15) is 7.05 Å². The van der Waals surface area contributed by atoms with Gasteiger partial charge in [0.05, 0.1) is 5.92 Å². The zero-order valence-corrected chi connectivity index (χ0v) is 16.5. The van der Waals surface area contributed by atoms with Crippen molar-refractivity contribution in [2.45, 2.75) is 12.8 Å². The molecular formula is C26H26NO+. The fraction of sp³-hybridized carbons (Fsp3) is 0.231. The van der Waals surface area contributed by atoms with E-state index in [9.17, 15) is 4.79 Å². The highest BCUT2D eigenvalue weighted by molar-refractivity contribution is 6.03. The van der Waals surface area contributed by atoms with E-state index in [0.717, 1.165) is 12.1 Å². The van der Waals surface area contributed by atoms with Crippen LogP contribution in [0.4, 0.5) is 0 Å². The molecule has 3 aromatic carbocycles. The summed E-state index contributed by atoms with van der Waals surface area (Å²) < 4.78 is 2.28. The highest BCUT2D eigenvalue weighted by atomic mass is 16.1. The van der Waals surface area contributed by atoms with E-state index < -0.39 is 0 Å². The Labute approximate surface area is 167 Å². The van der Waals surface area contributed by atoms with Gasteiger partial charge in [0.25, 0.3) is 0 Å². The molecule has 0 fully saturated rings. The molecule has 0 spiro atoms. The molecule has 0 saturated carbocycles. The maximum atomic E-state index is 13.5. The van der Waals surface area contributed by atoms with E-state index in [-0.39, 0.29) is 23.5 Å². The third-order valence-corrected chi connectivity index (χ3v) is 5.93. The molecule has 0 aromatic heterocycles. The summed E-state index contributed by atoms with van der Waals surface area (Å²) in [5, 5.41) is 0. The van der Waals surface area contributed by atoms with Gasteiger partial charge in [-0.2, -0.15) is 0 Å². The molecule has 2 heteroatoms. The number of carbonyl (C=O) groups excluding carboxylic acids is 1. The zero-order valence-electron chi connectivity index (χ0n) is 16.5. The monoisotopic (exact) mass is 368 g/mol. The van der Waals surface area contributed by atoms with Crippen LogP contribution in [-0.2, 0) is 0 Å². The second-order valence-electron chi connectivity index (χ2n) is 7.69. The van der Waals surface area contributed by atoms with E-state index in [0.29, 0.717) is 0 Å². The third kappa shape index (κ3) is 3.43. The average molecular weight is 368 g/mol. The average Bonchev–Trinajstić information content (AvgIpc) is 2.75. The van der Waals surface area contributed by atoms with Gasteiger partial charge >= 0.3 is 0 Å². The van der Waals surface area contributed by atoms with Gasteiger partial charge < -0.3 is 0 Å². The molecule has 3 aromatic rings. The lowest BCUT2D eigenvalue weighted by Crippen LogP contribution is -2.44. The van der Waals surface area contributed by atoms with Crippen molar-refractivity contribution < 1.29 is 9.37 Å². The van der Waals surface area contributed by atoms with Gasteiger partial charge in [0, 0.05) is 23.0 Å². The smallest absolute Gasteiger partial charge is 0.186 e. The molecule has 2 nitrogen and oxygen atoms in total. The summed E-state index contributed by atoms with van der Waals surface area (Å²) in [4.78, 5) is 13.5. The van der Waals surface area contributed by atoms with Crippen LogP contribution >= 0.6 is 0 Å². The van der Waals surface area contributed by atoms with Crippen molar-refractivity contribution in [3.8, 4) is 0 Å². The molecular weight excluding hydrogens is 342 g/mol. The van der Waals surface area contributed by atoms with E-state index >= 15 is 0 Å². The first-order valence-electron chi connectivity index (χ1n) is 9.94. The summed E-state index contributed by atoms with van der Waals surface area (Å²) in [7, 11) is 2.12. The van der Waals surface area contributed by atoms with E-state index in [1.165, 1.54) is 16.8 Å². The van der Waals surface area contributed by atoms with E-state index in [1.54, 1.807) is 0 Å². The maximum absolute atomic E-state index is 13.5. The normalized spacial score (nSPS) is 22.1. The second-order valence-corrected chi connectivity index (χ2v) is 7.69. The van der Waals surface area contributed by atoms with Gasteiger partial charge in [-0.1, -0.05) is 85.8 Å². The quantitative estimate of drug-likeness (QED) is 0.466. The molecule has 1 heterocycles. The van der Waals surface area contributed by atoms with Crippen LogP contribution in [0.15, 0.2) is 91.0 Å². The van der Waals surface area contributed by atoms with Crippen LogP contribution < -0.4 is 0 Å². The van der Waals surface area contributed by atoms with Crippen LogP contribution in [0.3, 0.4) is 0 Å². The van der Waals surface area contributed by atoms with Gasteiger partial charge in [-0.3, -0.25) is 4.79 Å². The van der Waals surface area contributed by atoms with E-state index in [1.807, 2.05) is 42.5 Å². The number of benzene rings is 3. The zero-order chi connectivity index (χ0) is 19.5. The van der Waals surface area contributed by atoms with Crippen molar-refractivity contribution >= 4 is 11.5 Å². The van der Waals surface area contributed by atoms with Gasteiger partial charge in [-0.15, -0.1) is 0 Å². The topological polar surface area (TPSA) is 20.1 Å². The van der Waals surface area contributed by atoms with E-state index in [2.05, 4.69) is 67.1 Å². The number of ketones is 1. The highest BCUT2D eigenvalue weighted by Gasteiger charge is 2.44. The molecule has 1 aliphatic rings. The third-order valence-electron chi connectivity index (χ3n) is 5.93. The lowest BCUT2D eigenvalue weighted by atomic mass is 9.69. The summed E-state index contributed by atoms with van der Waals surface area (Å²) in [5.74, 6) is 0.555. The van der Waals surface area contributed by atoms with Crippen LogP contribution in [-0.4, -0.2) is 29.7 Å². The molecule has 0 aliphatic carbocycles. The Hall–Kier alpha value is -3.00. The SMILES string of the molecule is C[C@@H]1C(c2ccccc2)=[N+](C)C[C@H](C(=O)c2ccccc2)[C@@H]1c1ccccc1. The predicted octanol–water partition coefficient (Wildman–Crippen LogP) is 5.05. The molecule has 0 unspecified atom stereocenters. The summed E-state index contributed by atoms with van der Waals surface area (Å²) in [6, 6.07) is 30.8. The number of nitrogens with zero attached hydrogens (tertiary/aromatic N) is 1. The number of hydrogen-bond donors (Lipinski definition) is 0. The second kappa shape index (κ2) is 7.93. The van der Waals surface area contributed by atoms with Gasteiger partial charge in [0.15, 0.2) is 18.0 Å². The van der Waals surface area contributed by atoms with Crippen molar-refractivity contribution in [1.82, 2.24) is 0 Å². The number of carbonyl (C=O) groups is 1. The Balaban J connectivity index is 1.81. The van der Waals surface area contributed by atoms with Crippen LogP contribution in [0.25, 0.3) is 0 Å². The molecule has 0 bridgehead atoms. The summed E-state index contributed by atoms with van der Waals surface area (Å²) in [6.07, 6.45) is 0. The van der Waals surface area contributed by atoms with Crippen molar-refractivity contribution in [3.05, 3.63) is 108 Å². The van der Waals surface area contributed by atoms with Crippen LogP contribution in [0.2, 0.25) is 0 Å². The molecule has 28 heavy (non-hydrogen) atoms. The standard InChI is InChI=1S/C26H26NO/c1-19-24(20-12-6-3-7-13-20)23(26(28)22-16-10-5-11-17-22)18-27(2)25(19)21-14-8-4-9-15-21/h3-17,19,23-24H,18H2,1-2H3/q+1/t19-,23-,24-/m0/s1. The van der Waals surface area contributed by atoms with Crippen LogP contribution in [0, 0.1) is 11.8 Å². The van der Waals surface area contributed by atoms with Crippen LogP contribution in [0.5, 0.6) is 0 Å². The fourth-order valence-corrected chi connectivity index (χ4v) is 4.72. The molecule has 3 atom stereocenters. The molecule has 0 radical (unpaired) electrons. The number of hydrogen-bond acceptors (Lipinski definition) is 1.